The molecule has 1 rings (SSSR count). The average molecular weight is 185 g/mol. The molecule has 1 aliphatic rings. The summed E-state index contributed by atoms with van der Waals surface area (Å²) in [5, 5.41) is 0. The molecule has 0 aromatic rings. The third-order valence-electron chi connectivity index (χ3n) is 2.61. The molecule has 0 spiro atoms. The summed E-state index contributed by atoms with van der Waals surface area (Å²) in [7, 11) is 1.77. The summed E-state index contributed by atoms with van der Waals surface area (Å²) in [6.45, 7) is 2.66. The van der Waals surface area contributed by atoms with Crippen LogP contribution < -0.4 is 0 Å². The first kappa shape index (κ1) is 10.4. The third-order valence-corrected chi connectivity index (χ3v) is 2.61. The van der Waals surface area contributed by atoms with Crippen LogP contribution in [0.25, 0.3) is 0 Å². The van der Waals surface area contributed by atoms with Gasteiger partial charge in [0, 0.05) is 13.6 Å². The van der Waals surface area contributed by atoms with Crippen molar-refractivity contribution in [1.29, 1.82) is 0 Å². The van der Waals surface area contributed by atoms with Gasteiger partial charge in [0.25, 0.3) is 0 Å². The maximum atomic E-state index is 11.3. The van der Waals surface area contributed by atoms with Crippen LogP contribution in [0.1, 0.15) is 39.0 Å². The lowest BCUT2D eigenvalue weighted by Crippen LogP contribution is -2.31. The highest BCUT2D eigenvalue weighted by Gasteiger charge is 2.18. The minimum atomic E-state index is -0.172. The van der Waals surface area contributed by atoms with E-state index in [1.165, 1.54) is 19.3 Å². The van der Waals surface area contributed by atoms with Gasteiger partial charge in [0.05, 0.1) is 0 Å². The molecule has 76 valence electrons. The largest absolute Gasteiger partial charge is 0.446 e. The topological polar surface area (TPSA) is 29.5 Å². The zero-order valence-electron chi connectivity index (χ0n) is 8.58. The van der Waals surface area contributed by atoms with Gasteiger partial charge in [-0.1, -0.05) is 6.42 Å². The maximum Gasteiger partial charge on any atom is 0.409 e. The summed E-state index contributed by atoms with van der Waals surface area (Å²) in [5.74, 6) is 0. The monoisotopic (exact) mass is 185 g/mol. The second-order valence-corrected chi connectivity index (χ2v) is 3.66. The van der Waals surface area contributed by atoms with Crippen molar-refractivity contribution in [3.05, 3.63) is 0 Å². The van der Waals surface area contributed by atoms with E-state index in [2.05, 4.69) is 0 Å². The van der Waals surface area contributed by atoms with Crippen LogP contribution in [0.5, 0.6) is 0 Å². The van der Waals surface area contributed by atoms with E-state index in [0.717, 1.165) is 12.8 Å². The first-order valence-electron chi connectivity index (χ1n) is 5.15. The minimum absolute atomic E-state index is 0.172. The maximum absolute atomic E-state index is 11.3. The number of hydrogen-bond donors (Lipinski definition) is 0. The number of nitrogens with zero attached hydrogens (tertiary/aromatic N) is 1. The van der Waals surface area contributed by atoms with Gasteiger partial charge in [-0.25, -0.2) is 4.79 Å². The fourth-order valence-corrected chi connectivity index (χ4v) is 1.54. The lowest BCUT2D eigenvalue weighted by molar-refractivity contribution is 0.0522. The van der Waals surface area contributed by atoms with Gasteiger partial charge in [-0.3, -0.25) is 0 Å². The van der Waals surface area contributed by atoms with Gasteiger partial charge < -0.3 is 9.64 Å². The molecule has 3 heteroatoms. The van der Waals surface area contributed by atoms with E-state index in [0.29, 0.717) is 6.54 Å². The Balaban J connectivity index is 2.26. The van der Waals surface area contributed by atoms with Gasteiger partial charge in [-0.2, -0.15) is 0 Å². The number of carbonyl (C=O) groups is 1. The Morgan fingerprint density at radius 2 is 2.00 bits per heavy atom. The van der Waals surface area contributed by atoms with Crippen molar-refractivity contribution in [3.63, 3.8) is 0 Å². The smallest absolute Gasteiger partial charge is 0.409 e. The average Bonchev–Trinajstić information content (AvgIpc) is 2.18. The molecule has 0 N–H and O–H groups in total. The molecule has 0 heterocycles. The number of rotatable bonds is 2. The molecule has 0 aromatic heterocycles. The van der Waals surface area contributed by atoms with Crippen LogP contribution in [0, 0.1) is 0 Å². The normalized spacial score (nSPS) is 18.3. The summed E-state index contributed by atoms with van der Waals surface area (Å²) in [4.78, 5) is 13.0. The number of amides is 1. The Kier molecular flexibility index (Phi) is 4.06. The molecule has 1 fully saturated rings. The fourth-order valence-electron chi connectivity index (χ4n) is 1.54. The van der Waals surface area contributed by atoms with E-state index in [1.54, 1.807) is 11.9 Å². The fraction of sp³-hybridized carbons (Fsp3) is 0.900. The summed E-state index contributed by atoms with van der Waals surface area (Å²) in [5.41, 5.74) is 0. The zero-order valence-corrected chi connectivity index (χ0v) is 8.58. The van der Waals surface area contributed by atoms with E-state index in [4.69, 9.17) is 4.74 Å². The summed E-state index contributed by atoms with van der Waals surface area (Å²) < 4.78 is 5.33. The van der Waals surface area contributed by atoms with E-state index in [9.17, 15) is 4.79 Å². The summed E-state index contributed by atoms with van der Waals surface area (Å²) in [6.07, 6.45) is 5.79. The molecular weight excluding hydrogens is 166 g/mol. The third kappa shape index (κ3) is 3.25. The van der Waals surface area contributed by atoms with Crippen molar-refractivity contribution in [3.8, 4) is 0 Å². The highest BCUT2D eigenvalue weighted by atomic mass is 16.6. The van der Waals surface area contributed by atoms with Gasteiger partial charge in [0.1, 0.15) is 6.10 Å². The van der Waals surface area contributed by atoms with E-state index in [1.807, 2.05) is 6.92 Å². The molecule has 0 unspecified atom stereocenters. The van der Waals surface area contributed by atoms with Gasteiger partial charge >= 0.3 is 6.09 Å². The van der Waals surface area contributed by atoms with Gasteiger partial charge in [-0.05, 0) is 32.6 Å². The van der Waals surface area contributed by atoms with Crippen molar-refractivity contribution >= 4 is 6.09 Å². The van der Waals surface area contributed by atoms with Crippen LogP contribution in [0.15, 0.2) is 0 Å². The molecule has 0 aliphatic heterocycles. The van der Waals surface area contributed by atoms with E-state index < -0.39 is 0 Å². The van der Waals surface area contributed by atoms with Crippen LogP contribution in [0.3, 0.4) is 0 Å². The summed E-state index contributed by atoms with van der Waals surface area (Å²) >= 11 is 0. The molecule has 1 amide bonds. The summed E-state index contributed by atoms with van der Waals surface area (Å²) in [6, 6.07) is 0. The van der Waals surface area contributed by atoms with Crippen molar-refractivity contribution in [2.75, 3.05) is 13.6 Å². The molecule has 13 heavy (non-hydrogen) atoms. The van der Waals surface area contributed by atoms with E-state index in [-0.39, 0.29) is 12.2 Å². The Morgan fingerprint density at radius 1 is 1.38 bits per heavy atom. The zero-order chi connectivity index (χ0) is 9.68. The van der Waals surface area contributed by atoms with Crippen LogP contribution in [0.2, 0.25) is 0 Å². The number of carbonyl (C=O) groups excluding carboxylic acids is 1. The predicted molar refractivity (Wildman–Crippen MR) is 51.7 cm³/mol. The van der Waals surface area contributed by atoms with Crippen LogP contribution >= 0.6 is 0 Å². The van der Waals surface area contributed by atoms with Gasteiger partial charge in [0.15, 0.2) is 0 Å². The Bertz CT molecular complexity index is 164. The standard InChI is InChI=1S/C10H19NO2/c1-3-11(2)10(12)13-9-7-5-4-6-8-9/h9H,3-8H2,1-2H3. The lowest BCUT2D eigenvalue weighted by atomic mass is 9.98. The van der Waals surface area contributed by atoms with Crippen LogP contribution in [-0.4, -0.2) is 30.7 Å². The molecule has 0 aromatic carbocycles. The predicted octanol–water partition coefficient (Wildman–Crippen LogP) is 2.41. The highest BCUT2D eigenvalue weighted by molar-refractivity contribution is 5.67. The van der Waals surface area contributed by atoms with Gasteiger partial charge in [0.2, 0.25) is 0 Å². The molecule has 0 saturated heterocycles. The van der Waals surface area contributed by atoms with Crippen LogP contribution in [-0.2, 0) is 4.74 Å². The molecule has 0 atom stereocenters. The minimum Gasteiger partial charge on any atom is -0.446 e. The number of hydrogen-bond acceptors (Lipinski definition) is 2. The molecular formula is C10H19NO2. The second-order valence-electron chi connectivity index (χ2n) is 3.66. The Morgan fingerprint density at radius 3 is 2.54 bits per heavy atom. The van der Waals surface area contributed by atoms with Crippen LogP contribution in [0.4, 0.5) is 4.79 Å². The van der Waals surface area contributed by atoms with Gasteiger partial charge in [-0.15, -0.1) is 0 Å². The quantitative estimate of drug-likeness (QED) is 0.661. The van der Waals surface area contributed by atoms with E-state index >= 15 is 0 Å². The highest BCUT2D eigenvalue weighted by Crippen LogP contribution is 2.20. The lowest BCUT2D eigenvalue weighted by Gasteiger charge is -2.24. The molecule has 3 nitrogen and oxygen atoms in total. The molecule has 0 bridgehead atoms. The van der Waals surface area contributed by atoms with Crippen molar-refractivity contribution in [2.45, 2.75) is 45.1 Å². The molecule has 1 aliphatic carbocycles. The first-order chi connectivity index (χ1) is 6.24. The first-order valence-corrected chi connectivity index (χ1v) is 5.15. The van der Waals surface area contributed by atoms with Crippen molar-refractivity contribution in [2.24, 2.45) is 0 Å². The second kappa shape index (κ2) is 5.10. The number of ether oxygens (including phenoxy) is 1. The van der Waals surface area contributed by atoms with Crippen molar-refractivity contribution < 1.29 is 9.53 Å². The SMILES string of the molecule is CCN(C)C(=O)OC1CCCCC1. The molecule has 0 radical (unpaired) electrons. The Labute approximate surface area is 80.1 Å². The van der Waals surface area contributed by atoms with Crippen molar-refractivity contribution in [1.82, 2.24) is 4.90 Å². The Hall–Kier alpha value is -0.730. The molecule has 1 saturated carbocycles.